The summed E-state index contributed by atoms with van der Waals surface area (Å²) in [5, 5.41) is 9.78. The molecule has 0 heterocycles. The van der Waals surface area contributed by atoms with Gasteiger partial charge in [0.2, 0.25) is 10.0 Å². The van der Waals surface area contributed by atoms with Gasteiger partial charge in [-0.2, -0.15) is 4.31 Å². The van der Waals surface area contributed by atoms with Gasteiger partial charge in [0.25, 0.3) is 5.91 Å². The first kappa shape index (κ1) is 18.4. The number of phenols is 1. The van der Waals surface area contributed by atoms with Gasteiger partial charge in [0.15, 0.2) is 0 Å². The van der Waals surface area contributed by atoms with Crippen molar-refractivity contribution in [3.63, 3.8) is 0 Å². The number of benzene rings is 1. The van der Waals surface area contributed by atoms with Crippen LogP contribution in [-0.4, -0.2) is 36.8 Å². The maximum atomic E-state index is 12.7. The SMILES string of the molecule is CCCCN(CCCC)S(=O)(=O)c1ccc(C(N)=O)c(O)c1. The Morgan fingerprint density at radius 3 is 2.14 bits per heavy atom. The lowest BCUT2D eigenvalue weighted by Gasteiger charge is -2.22. The van der Waals surface area contributed by atoms with Crippen LogP contribution in [-0.2, 0) is 10.0 Å². The van der Waals surface area contributed by atoms with E-state index >= 15 is 0 Å². The quantitative estimate of drug-likeness (QED) is 0.724. The lowest BCUT2D eigenvalue weighted by atomic mass is 10.2. The van der Waals surface area contributed by atoms with Gasteiger partial charge in [0, 0.05) is 19.2 Å². The molecule has 124 valence electrons. The van der Waals surface area contributed by atoms with Gasteiger partial charge in [-0.25, -0.2) is 8.42 Å². The first-order chi connectivity index (χ1) is 10.3. The molecule has 0 saturated heterocycles. The molecule has 7 heteroatoms. The lowest BCUT2D eigenvalue weighted by Crippen LogP contribution is -2.33. The van der Waals surface area contributed by atoms with Crippen LogP contribution in [0, 0.1) is 0 Å². The van der Waals surface area contributed by atoms with Crippen LogP contribution in [0.5, 0.6) is 5.75 Å². The maximum absolute atomic E-state index is 12.7. The minimum absolute atomic E-state index is 0.0257. The van der Waals surface area contributed by atoms with E-state index in [1.54, 1.807) is 0 Å². The number of nitrogens with two attached hydrogens (primary N) is 1. The zero-order valence-corrected chi connectivity index (χ0v) is 13.9. The Kier molecular flexibility index (Phi) is 6.83. The number of hydrogen-bond acceptors (Lipinski definition) is 4. The number of rotatable bonds is 9. The molecular weight excluding hydrogens is 304 g/mol. The highest BCUT2D eigenvalue weighted by Crippen LogP contribution is 2.24. The van der Waals surface area contributed by atoms with Crippen LogP contribution in [0.25, 0.3) is 0 Å². The second kappa shape index (κ2) is 8.14. The molecule has 0 aliphatic rings. The van der Waals surface area contributed by atoms with Crippen molar-refractivity contribution >= 4 is 15.9 Å². The van der Waals surface area contributed by atoms with Gasteiger partial charge in [-0.05, 0) is 25.0 Å². The molecule has 0 aliphatic heterocycles. The molecule has 6 nitrogen and oxygen atoms in total. The molecule has 0 bridgehead atoms. The van der Waals surface area contributed by atoms with Gasteiger partial charge in [0.05, 0.1) is 10.5 Å². The van der Waals surface area contributed by atoms with Crippen molar-refractivity contribution < 1.29 is 18.3 Å². The van der Waals surface area contributed by atoms with Crippen LogP contribution in [0.2, 0.25) is 0 Å². The van der Waals surface area contributed by atoms with Crippen LogP contribution in [0.15, 0.2) is 23.1 Å². The smallest absolute Gasteiger partial charge is 0.252 e. The second-order valence-electron chi connectivity index (χ2n) is 5.15. The molecule has 0 aromatic heterocycles. The van der Waals surface area contributed by atoms with Crippen molar-refractivity contribution in [2.45, 2.75) is 44.4 Å². The van der Waals surface area contributed by atoms with Crippen LogP contribution in [0.4, 0.5) is 0 Å². The maximum Gasteiger partial charge on any atom is 0.252 e. The van der Waals surface area contributed by atoms with Crippen LogP contribution in [0.1, 0.15) is 49.9 Å². The third-order valence-corrected chi connectivity index (χ3v) is 5.29. The zero-order valence-electron chi connectivity index (χ0n) is 13.1. The van der Waals surface area contributed by atoms with E-state index in [0.29, 0.717) is 13.1 Å². The Morgan fingerprint density at radius 2 is 1.73 bits per heavy atom. The van der Waals surface area contributed by atoms with Crippen molar-refractivity contribution in [3.8, 4) is 5.75 Å². The van der Waals surface area contributed by atoms with Gasteiger partial charge < -0.3 is 10.8 Å². The third kappa shape index (κ3) is 4.45. The number of carbonyl (C=O) groups is 1. The van der Waals surface area contributed by atoms with E-state index in [1.165, 1.54) is 16.4 Å². The average Bonchev–Trinajstić information content (AvgIpc) is 2.46. The third-order valence-electron chi connectivity index (χ3n) is 3.39. The van der Waals surface area contributed by atoms with E-state index in [9.17, 15) is 18.3 Å². The number of hydrogen-bond donors (Lipinski definition) is 2. The van der Waals surface area contributed by atoms with E-state index in [-0.39, 0.29) is 10.5 Å². The number of unbranched alkanes of at least 4 members (excludes halogenated alkanes) is 2. The van der Waals surface area contributed by atoms with E-state index < -0.39 is 21.7 Å². The molecule has 3 N–H and O–H groups in total. The van der Waals surface area contributed by atoms with E-state index in [0.717, 1.165) is 31.7 Å². The predicted octanol–water partition coefficient (Wildman–Crippen LogP) is 2.08. The van der Waals surface area contributed by atoms with Crippen LogP contribution >= 0.6 is 0 Å². The predicted molar refractivity (Wildman–Crippen MR) is 85.2 cm³/mol. The van der Waals surface area contributed by atoms with Crippen molar-refractivity contribution in [2.75, 3.05) is 13.1 Å². The minimum Gasteiger partial charge on any atom is -0.507 e. The second-order valence-corrected chi connectivity index (χ2v) is 7.09. The Bertz CT molecular complexity index is 606. The fourth-order valence-electron chi connectivity index (χ4n) is 2.05. The van der Waals surface area contributed by atoms with Crippen molar-refractivity contribution in [1.29, 1.82) is 0 Å². The summed E-state index contributed by atoms with van der Waals surface area (Å²) < 4.78 is 26.8. The molecule has 1 aromatic carbocycles. The summed E-state index contributed by atoms with van der Waals surface area (Å²) in [6.45, 7) is 4.88. The van der Waals surface area contributed by atoms with Crippen LogP contribution < -0.4 is 5.73 Å². The molecule has 1 amide bonds. The fraction of sp³-hybridized carbons (Fsp3) is 0.533. The summed E-state index contributed by atoms with van der Waals surface area (Å²) in [6.07, 6.45) is 3.33. The van der Waals surface area contributed by atoms with E-state index in [1.807, 2.05) is 13.8 Å². The molecule has 1 aromatic rings. The Labute approximate surface area is 132 Å². The van der Waals surface area contributed by atoms with Crippen molar-refractivity contribution in [1.82, 2.24) is 4.31 Å². The highest BCUT2D eigenvalue weighted by Gasteiger charge is 2.24. The minimum atomic E-state index is -3.69. The van der Waals surface area contributed by atoms with Gasteiger partial charge in [-0.15, -0.1) is 0 Å². The van der Waals surface area contributed by atoms with Gasteiger partial charge in [-0.1, -0.05) is 26.7 Å². The summed E-state index contributed by atoms with van der Waals surface area (Å²) in [6, 6.07) is 3.63. The number of amides is 1. The number of aromatic hydroxyl groups is 1. The molecule has 0 saturated carbocycles. The zero-order chi connectivity index (χ0) is 16.8. The number of nitrogens with zero attached hydrogens (tertiary/aromatic N) is 1. The summed E-state index contributed by atoms with van der Waals surface area (Å²) >= 11 is 0. The largest absolute Gasteiger partial charge is 0.507 e. The van der Waals surface area contributed by atoms with Gasteiger partial charge in [-0.3, -0.25) is 4.79 Å². The van der Waals surface area contributed by atoms with Crippen LogP contribution in [0.3, 0.4) is 0 Å². The van der Waals surface area contributed by atoms with Crippen molar-refractivity contribution in [2.24, 2.45) is 5.73 Å². The van der Waals surface area contributed by atoms with Crippen molar-refractivity contribution in [3.05, 3.63) is 23.8 Å². The van der Waals surface area contributed by atoms with E-state index in [2.05, 4.69) is 0 Å². The molecule has 0 unspecified atom stereocenters. The number of carbonyl (C=O) groups excluding carboxylic acids is 1. The molecule has 1 rings (SSSR count). The monoisotopic (exact) mass is 328 g/mol. The van der Waals surface area contributed by atoms with Gasteiger partial charge >= 0.3 is 0 Å². The molecule has 0 aliphatic carbocycles. The Morgan fingerprint density at radius 1 is 1.18 bits per heavy atom. The number of sulfonamides is 1. The fourth-order valence-corrected chi connectivity index (χ4v) is 3.59. The van der Waals surface area contributed by atoms with E-state index in [4.69, 9.17) is 5.73 Å². The molecule has 0 radical (unpaired) electrons. The van der Waals surface area contributed by atoms with Gasteiger partial charge in [0.1, 0.15) is 5.75 Å². The normalized spacial score (nSPS) is 11.8. The molecule has 0 atom stereocenters. The first-order valence-corrected chi connectivity index (χ1v) is 8.91. The Hall–Kier alpha value is -1.60. The standard InChI is InChI=1S/C15H24N2O4S/c1-3-5-9-17(10-6-4-2)22(20,21)12-7-8-13(15(16)19)14(18)11-12/h7-8,11,18H,3-6,9-10H2,1-2H3,(H2,16,19). The Balaban J connectivity index is 3.12. The molecule has 0 fully saturated rings. The molecular formula is C15H24N2O4S. The summed E-state index contributed by atoms with van der Waals surface area (Å²) in [7, 11) is -3.69. The first-order valence-electron chi connectivity index (χ1n) is 7.47. The average molecular weight is 328 g/mol. The molecule has 22 heavy (non-hydrogen) atoms. The highest BCUT2D eigenvalue weighted by molar-refractivity contribution is 7.89. The summed E-state index contributed by atoms with van der Waals surface area (Å²) in [4.78, 5) is 11.1. The number of primary amides is 1. The molecule has 0 spiro atoms. The topological polar surface area (TPSA) is 101 Å². The summed E-state index contributed by atoms with van der Waals surface area (Å²) in [5.41, 5.74) is 5.02. The lowest BCUT2D eigenvalue weighted by molar-refractivity contribution is 0.0997. The highest BCUT2D eigenvalue weighted by atomic mass is 32.2. The summed E-state index contributed by atoms with van der Waals surface area (Å²) in [5.74, 6) is -1.21.